The summed E-state index contributed by atoms with van der Waals surface area (Å²) >= 11 is 0. The lowest BCUT2D eigenvalue weighted by molar-refractivity contribution is -0.145. The molecule has 0 aliphatic carbocycles. The molecule has 12 heteroatoms. The number of aryl methyl sites for hydroxylation is 4. The summed E-state index contributed by atoms with van der Waals surface area (Å²) < 4.78 is 46.9. The van der Waals surface area contributed by atoms with Gasteiger partial charge < -0.3 is 37.9 Å². The monoisotopic (exact) mass is 973 g/mol. The van der Waals surface area contributed by atoms with Crippen molar-refractivity contribution < 1.29 is 57.1 Å². The molecule has 0 amide bonds. The maximum atomic E-state index is 13.2. The zero-order chi connectivity index (χ0) is 52.0. The topological polar surface area (TPSA) is 142 Å². The minimum Gasteiger partial charge on any atom is -0.482 e. The first-order chi connectivity index (χ1) is 33.8. The number of rotatable bonds is 26. The van der Waals surface area contributed by atoms with E-state index in [4.69, 9.17) is 37.9 Å². The molecule has 0 saturated heterocycles. The number of hydrogen-bond donors (Lipinski definition) is 0. The smallest absolute Gasteiger partial charge is 0.344 e. The second kappa shape index (κ2) is 28.6. The van der Waals surface area contributed by atoms with Gasteiger partial charge in [0.15, 0.2) is 26.4 Å². The Bertz CT molecular complexity index is 2430. The van der Waals surface area contributed by atoms with Gasteiger partial charge in [-0.15, -0.1) is 0 Å². The van der Waals surface area contributed by atoms with Crippen molar-refractivity contribution in [2.45, 2.75) is 102 Å². The summed E-state index contributed by atoms with van der Waals surface area (Å²) in [5.74, 6) is -0.162. The van der Waals surface area contributed by atoms with Crippen molar-refractivity contribution in [2.75, 3.05) is 52.9 Å². The Morgan fingerprint density at radius 2 is 0.606 bits per heavy atom. The molecule has 380 valence electrons. The van der Waals surface area contributed by atoms with Crippen LogP contribution >= 0.6 is 0 Å². The van der Waals surface area contributed by atoms with Gasteiger partial charge in [0, 0.05) is 19.3 Å². The Kier molecular flexibility index (Phi) is 22.7. The van der Waals surface area contributed by atoms with Gasteiger partial charge in [-0.3, -0.25) is 0 Å². The number of hydrogen-bond acceptors (Lipinski definition) is 12. The van der Waals surface area contributed by atoms with Crippen LogP contribution < -0.4 is 18.9 Å². The standard InChI is InChI=1S/C59H72O12/c1-38(2)17-21-64-54(60)34-68-52-15-13-42(9)25-46(52)31-48-27-44(11)29-50(58(48)70-36-56(62)66-23-19-40(5)6)33-51-30-45(12)28-49(59(51)71-37-57(63)67-24-20-41(7)8)32-47-26-43(10)14-16-53(47)69-35-55(61)65-22-18-39(3)4/h13-20,25-30H,21-24,31-37H2,1-12H3. The average Bonchev–Trinajstić information content (AvgIpc) is 3.27. The molecule has 0 fully saturated rings. The second-order valence-corrected chi connectivity index (χ2v) is 18.6. The Morgan fingerprint density at radius 3 is 0.887 bits per heavy atom. The minimum absolute atomic E-state index is 0.108. The molecule has 0 N–H and O–H groups in total. The van der Waals surface area contributed by atoms with Gasteiger partial charge in [-0.2, -0.15) is 0 Å². The summed E-state index contributed by atoms with van der Waals surface area (Å²) in [6, 6.07) is 19.5. The fraction of sp³-hybridized carbons (Fsp3) is 0.390. The van der Waals surface area contributed by atoms with Crippen LogP contribution in [0.2, 0.25) is 0 Å². The van der Waals surface area contributed by atoms with E-state index in [1.807, 2.05) is 168 Å². The molecule has 0 unspecified atom stereocenters. The molecule has 0 aromatic heterocycles. The van der Waals surface area contributed by atoms with Crippen LogP contribution in [-0.4, -0.2) is 76.7 Å². The van der Waals surface area contributed by atoms with E-state index in [-0.39, 0.29) is 59.3 Å². The van der Waals surface area contributed by atoms with E-state index in [1.165, 1.54) is 0 Å². The lowest BCUT2D eigenvalue weighted by Crippen LogP contribution is -2.18. The van der Waals surface area contributed by atoms with Crippen LogP contribution in [0.5, 0.6) is 23.0 Å². The second-order valence-electron chi connectivity index (χ2n) is 18.6. The molecule has 12 nitrogen and oxygen atoms in total. The number of ether oxygens (including phenoxy) is 8. The van der Waals surface area contributed by atoms with E-state index in [0.717, 1.165) is 77.9 Å². The first-order valence-corrected chi connectivity index (χ1v) is 23.9. The highest BCUT2D eigenvalue weighted by atomic mass is 16.6. The van der Waals surface area contributed by atoms with E-state index in [2.05, 4.69) is 0 Å². The maximum absolute atomic E-state index is 13.2. The Balaban J connectivity index is 1.82. The molecule has 0 aliphatic heterocycles. The normalized spacial score (nSPS) is 10.5. The molecule has 71 heavy (non-hydrogen) atoms. The van der Waals surface area contributed by atoms with E-state index < -0.39 is 23.9 Å². The summed E-state index contributed by atoms with van der Waals surface area (Å²) in [6.07, 6.45) is 8.18. The van der Waals surface area contributed by atoms with Gasteiger partial charge in [-0.1, -0.05) is 93.1 Å². The predicted octanol–water partition coefficient (Wildman–Crippen LogP) is 11.2. The average molecular weight is 973 g/mol. The van der Waals surface area contributed by atoms with Crippen molar-refractivity contribution >= 4 is 23.9 Å². The van der Waals surface area contributed by atoms with E-state index in [0.29, 0.717) is 35.8 Å². The van der Waals surface area contributed by atoms with E-state index >= 15 is 0 Å². The predicted molar refractivity (Wildman–Crippen MR) is 277 cm³/mol. The lowest BCUT2D eigenvalue weighted by Gasteiger charge is -2.21. The van der Waals surface area contributed by atoms with Crippen molar-refractivity contribution in [1.29, 1.82) is 0 Å². The van der Waals surface area contributed by atoms with Crippen molar-refractivity contribution in [3.63, 3.8) is 0 Å². The number of esters is 4. The molecule has 0 radical (unpaired) electrons. The van der Waals surface area contributed by atoms with Crippen molar-refractivity contribution in [1.82, 2.24) is 0 Å². The molecular formula is C59H72O12. The van der Waals surface area contributed by atoms with Gasteiger partial charge in [0.25, 0.3) is 0 Å². The molecular weight excluding hydrogens is 901 g/mol. The third kappa shape index (κ3) is 20.4. The number of carbonyl (C=O) groups excluding carboxylic acids is 4. The molecule has 0 aliphatic rings. The van der Waals surface area contributed by atoms with Gasteiger partial charge in [0.1, 0.15) is 49.4 Å². The Morgan fingerprint density at radius 1 is 0.352 bits per heavy atom. The van der Waals surface area contributed by atoms with Gasteiger partial charge in [0.05, 0.1) is 0 Å². The quantitative estimate of drug-likeness (QED) is 0.0336. The fourth-order valence-electron chi connectivity index (χ4n) is 7.25. The van der Waals surface area contributed by atoms with Crippen LogP contribution in [0.25, 0.3) is 0 Å². The zero-order valence-electron chi connectivity index (χ0n) is 43.8. The molecule has 0 saturated carbocycles. The van der Waals surface area contributed by atoms with Crippen molar-refractivity contribution in [2.24, 2.45) is 0 Å². The van der Waals surface area contributed by atoms with Gasteiger partial charge >= 0.3 is 23.9 Å². The highest BCUT2D eigenvalue weighted by Crippen LogP contribution is 2.37. The summed E-state index contributed by atoms with van der Waals surface area (Å²) in [7, 11) is 0. The van der Waals surface area contributed by atoms with Crippen LogP contribution in [-0.2, 0) is 57.4 Å². The molecule has 0 bridgehead atoms. The maximum Gasteiger partial charge on any atom is 0.344 e. The Labute approximate surface area is 420 Å². The molecule has 4 aromatic carbocycles. The molecule has 4 aromatic rings. The lowest BCUT2D eigenvalue weighted by atomic mass is 9.91. The van der Waals surface area contributed by atoms with E-state index in [9.17, 15) is 19.2 Å². The SMILES string of the molecule is CC(C)=CCOC(=O)COc1ccc(C)cc1Cc1cc(C)cc(Cc2cc(C)cc(Cc3cc(C)ccc3OCC(=O)OCC=C(C)C)c2OCC(=O)OCC=C(C)C)c1OCC(=O)OCC=C(C)C. The first-order valence-electron chi connectivity index (χ1n) is 23.9. The number of benzene rings is 4. The number of carbonyl (C=O) groups is 4. The summed E-state index contributed by atoms with van der Waals surface area (Å²) in [5, 5.41) is 0. The third-order valence-electron chi connectivity index (χ3n) is 10.7. The zero-order valence-corrected chi connectivity index (χ0v) is 43.8. The molecule has 0 spiro atoms. The summed E-state index contributed by atoms with van der Waals surface area (Å²) in [4.78, 5) is 51.7. The largest absolute Gasteiger partial charge is 0.482 e. The van der Waals surface area contributed by atoms with Crippen molar-refractivity contribution in [3.05, 3.63) is 163 Å². The van der Waals surface area contributed by atoms with Crippen LogP contribution in [0.3, 0.4) is 0 Å². The summed E-state index contributed by atoms with van der Waals surface area (Å²) in [6.45, 7) is 22.6. The third-order valence-corrected chi connectivity index (χ3v) is 10.7. The van der Waals surface area contributed by atoms with Gasteiger partial charge in [-0.05, 0) is 153 Å². The van der Waals surface area contributed by atoms with Gasteiger partial charge in [-0.25, -0.2) is 19.2 Å². The number of allylic oxidation sites excluding steroid dienone is 4. The highest BCUT2D eigenvalue weighted by Gasteiger charge is 2.22. The van der Waals surface area contributed by atoms with Crippen molar-refractivity contribution in [3.8, 4) is 23.0 Å². The summed E-state index contributed by atoms with van der Waals surface area (Å²) in [5.41, 5.74) is 12.5. The molecule has 0 heterocycles. The Hall–Kier alpha value is -7.08. The first kappa shape index (κ1) is 56.5. The molecule has 0 atom stereocenters. The fourth-order valence-corrected chi connectivity index (χ4v) is 7.25. The van der Waals surface area contributed by atoms with E-state index in [1.54, 1.807) is 0 Å². The van der Waals surface area contributed by atoms with Crippen LogP contribution in [0, 0.1) is 27.7 Å². The van der Waals surface area contributed by atoms with Crippen LogP contribution in [0.4, 0.5) is 0 Å². The van der Waals surface area contributed by atoms with Crippen LogP contribution in [0.1, 0.15) is 111 Å². The highest BCUT2D eigenvalue weighted by molar-refractivity contribution is 5.73. The minimum atomic E-state index is -0.544. The molecule has 4 rings (SSSR count). The van der Waals surface area contributed by atoms with Crippen LogP contribution in [0.15, 0.2) is 107 Å². The van der Waals surface area contributed by atoms with Gasteiger partial charge in [0.2, 0.25) is 0 Å².